The largest absolute Gasteiger partial charge is 0.504 e. The molecule has 39 heavy (non-hydrogen) atoms. The molecule has 196 valence electrons. The maximum atomic E-state index is 13.9. The Balaban J connectivity index is 2.06. The van der Waals surface area contributed by atoms with Crippen molar-refractivity contribution in [2.75, 3.05) is 6.61 Å². The Labute approximate surface area is 224 Å². The van der Waals surface area contributed by atoms with Crippen LogP contribution in [0.4, 0.5) is 0 Å². The van der Waals surface area contributed by atoms with Crippen LogP contribution in [0.25, 0.3) is 0 Å². The van der Waals surface area contributed by atoms with Gasteiger partial charge < -0.3 is 19.7 Å². The number of carbonyl (C=O) groups is 4. The molecule has 0 saturated heterocycles. The summed E-state index contributed by atoms with van der Waals surface area (Å²) in [6.07, 6.45) is 0. The quantitative estimate of drug-likeness (QED) is 0.138. The van der Waals surface area contributed by atoms with Crippen LogP contribution in [0, 0.1) is 6.92 Å². The molecule has 0 fully saturated rings. The van der Waals surface area contributed by atoms with E-state index in [-0.39, 0.29) is 23.3 Å². The number of benzene rings is 4. The van der Waals surface area contributed by atoms with Crippen molar-refractivity contribution in [3.05, 3.63) is 124 Å². The predicted molar refractivity (Wildman–Crippen MR) is 142 cm³/mol. The SMILES string of the molecule is CCOC(=O)c1c(C(=O)c2ccccc2)c(O)c(O)c(OC(=O)c2ccccc2)c1C(=O)c1cccc(C)c1. The Bertz CT molecular complexity index is 1570. The van der Waals surface area contributed by atoms with E-state index in [9.17, 15) is 29.4 Å². The maximum Gasteiger partial charge on any atom is 0.343 e. The van der Waals surface area contributed by atoms with Crippen LogP contribution in [0.15, 0.2) is 84.9 Å². The highest BCUT2D eigenvalue weighted by Gasteiger charge is 2.37. The van der Waals surface area contributed by atoms with Gasteiger partial charge in [-0.2, -0.15) is 0 Å². The Hall–Kier alpha value is -5.24. The van der Waals surface area contributed by atoms with Gasteiger partial charge in [-0.15, -0.1) is 0 Å². The Kier molecular flexibility index (Phi) is 7.86. The van der Waals surface area contributed by atoms with Gasteiger partial charge in [0, 0.05) is 11.1 Å². The van der Waals surface area contributed by atoms with Gasteiger partial charge in [0.15, 0.2) is 23.1 Å². The molecular formula is C31H24O8. The molecule has 0 aliphatic carbocycles. The van der Waals surface area contributed by atoms with E-state index in [1.807, 2.05) is 0 Å². The second-order valence-corrected chi connectivity index (χ2v) is 8.52. The first kappa shape index (κ1) is 26.8. The van der Waals surface area contributed by atoms with Crippen LogP contribution in [0.5, 0.6) is 17.2 Å². The van der Waals surface area contributed by atoms with Gasteiger partial charge >= 0.3 is 11.9 Å². The molecule has 0 aromatic heterocycles. The fourth-order valence-corrected chi connectivity index (χ4v) is 4.04. The topological polar surface area (TPSA) is 127 Å². The molecule has 0 amide bonds. The van der Waals surface area contributed by atoms with Crippen LogP contribution in [-0.4, -0.2) is 40.3 Å². The minimum atomic E-state index is -1.12. The van der Waals surface area contributed by atoms with E-state index in [0.717, 1.165) is 0 Å². The summed E-state index contributed by atoms with van der Waals surface area (Å²) in [5.74, 6) is -6.66. The van der Waals surface area contributed by atoms with E-state index >= 15 is 0 Å². The molecule has 0 aliphatic rings. The van der Waals surface area contributed by atoms with Crippen molar-refractivity contribution >= 4 is 23.5 Å². The smallest absolute Gasteiger partial charge is 0.343 e. The highest BCUT2D eigenvalue weighted by molar-refractivity contribution is 6.24. The third kappa shape index (κ3) is 5.40. The van der Waals surface area contributed by atoms with Gasteiger partial charge in [0.25, 0.3) is 0 Å². The van der Waals surface area contributed by atoms with Gasteiger partial charge in [0.2, 0.25) is 5.75 Å². The van der Waals surface area contributed by atoms with E-state index in [1.54, 1.807) is 55.5 Å². The molecule has 0 saturated carbocycles. The summed E-state index contributed by atoms with van der Waals surface area (Å²) in [4.78, 5) is 53.8. The zero-order valence-electron chi connectivity index (χ0n) is 21.1. The van der Waals surface area contributed by atoms with Crippen LogP contribution < -0.4 is 4.74 Å². The van der Waals surface area contributed by atoms with E-state index in [4.69, 9.17) is 9.47 Å². The highest BCUT2D eigenvalue weighted by Crippen LogP contribution is 2.46. The first-order valence-corrected chi connectivity index (χ1v) is 12.0. The first-order valence-electron chi connectivity index (χ1n) is 12.0. The van der Waals surface area contributed by atoms with E-state index < -0.39 is 57.4 Å². The van der Waals surface area contributed by atoms with Crippen LogP contribution in [0.1, 0.15) is 65.0 Å². The molecule has 4 aromatic carbocycles. The van der Waals surface area contributed by atoms with E-state index in [2.05, 4.69) is 0 Å². The van der Waals surface area contributed by atoms with Crippen LogP contribution in [-0.2, 0) is 4.74 Å². The Morgan fingerprint density at radius 2 is 1.21 bits per heavy atom. The molecule has 2 N–H and O–H groups in total. The van der Waals surface area contributed by atoms with Crippen molar-refractivity contribution in [2.24, 2.45) is 0 Å². The number of carbonyl (C=O) groups excluding carboxylic acids is 4. The molecule has 4 aromatic rings. The number of hydrogen-bond acceptors (Lipinski definition) is 8. The number of ketones is 2. The lowest BCUT2D eigenvalue weighted by Crippen LogP contribution is -2.21. The van der Waals surface area contributed by atoms with Crippen LogP contribution in [0.2, 0.25) is 0 Å². The molecular weight excluding hydrogens is 500 g/mol. The van der Waals surface area contributed by atoms with Gasteiger partial charge in [-0.05, 0) is 32.0 Å². The lowest BCUT2D eigenvalue weighted by molar-refractivity contribution is 0.0517. The number of phenols is 2. The first-order chi connectivity index (χ1) is 18.7. The fourth-order valence-electron chi connectivity index (χ4n) is 4.04. The lowest BCUT2D eigenvalue weighted by Gasteiger charge is -2.20. The van der Waals surface area contributed by atoms with E-state index in [0.29, 0.717) is 5.56 Å². The molecule has 0 atom stereocenters. The molecule has 8 nitrogen and oxygen atoms in total. The van der Waals surface area contributed by atoms with E-state index in [1.165, 1.54) is 43.3 Å². The van der Waals surface area contributed by atoms with Crippen molar-refractivity contribution < 1.29 is 38.9 Å². The van der Waals surface area contributed by atoms with Crippen molar-refractivity contribution in [1.29, 1.82) is 0 Å². The molecule has 0 spiro atoms. The minimum absolute atomic E-state index is 0.0701. The summed E-state index contributed by atoms with van der Waals surface area (Å²) in [5.41, 5.74) is -0.951. The zero-order chi connectivity index (χ0) is 28.1. The van der Waals surface area contributed by atoms with Crippen molar-refractivity contribution in [3.63, 3.8) is 0 Å². The minimum Gasteiger partial charge on any atom is -0.504 e. The number of aromatic hydroxyl groups is 2. The number of ether oxygens (including phenoxy) is 2. The summed E-state index contributed by atoms with van der Waals surface area (Å²) < 4.78 is 10.6. The number of aryl methyl sites for hydroxylation is 1. The third-order valence-electron chi connectivity index (χ3n) is 5.86. The van der Waals surface area contributed by atoms with Gasteiger partial charge in [-0.25, -0.2) is 9.59 Å². The highest BCUT2D eigenvalue weighted by atomic mass is 16.5. The molecule has 0 aliphatic heterocycles. The Morgan fingerprint density at radius 1 is 0.641 bits per heavy atom. The van der Waals surface area contributed by atoms with Crippen LogP contribution in [0.3, 0.4) is 0 Å². The standard InChI is InChI=1S/C31H24O8/c1-3-38-31(37)22-23(25(32)19-12-6-4-7-13-19)27(34)28(35)29(39-30(36)20-14-8-5-9-15-20)24(22)26(33)21-16-10-11-18(2)17-21/h4-17,34-35H,3H2,1-2H3. The third-order valence-corrected chi connectivity index (χ3v) is 5.86. The monoisotopic (exact) mass is 524 g/mol. The second-order valence-electron chi connectivity index (χ2n) is 8.52. The lowest BCUT2D eigenvalue weighted by atomic mass is 9.88. The number of hydrogen-bond donors (Lipinski definition) is 2. The Morgan fingerprint density at radius 3 is 1.79 bits per heavy atom. The predicted octanol–water partition coefficient (Wildman–Crippen LogP) is 5.26. The average molecular weight is 525 g/mol. The van der Waals surface area contributed by atoms with Gasteiger partial charge in [0.1, 0.15) is 0 Å². The molecule has 0 heterocycles. The summed E-state index contributed by atoms with van der Waals surface area (Å²) in [5, 5.41) is 22.1. The zero-order valence-corrected chi connectivity index (χ0v) is 21.1. The van der Waals surface area contributed by atoms with Crippen molar-refractivity contribution in [2.45, 2.75) is 13.8 Å². The number of esters is 2. The van der Waals surface area contributed by atoms with Gasteiger partial charge in [-0.3, -0.25) is 9.59 Å². The maximum absolute atomic E-state index is 13.9. The normalized spacial score (nSPS) is 10.5. The molecule has 0 bridgehead atoms. The van der Waals surface area contributed by atoms with Crippen molar-refractivity contribution in [3.8, 4) is 17.2 Å². The van der Waals surface area contributed by atoms with Gasteiger partial charge in [0.05, 0.1) is 28.9 Å². The summed E-state index contributed by atoms with van der Waals surface area (Å²) in [6, 6.07) is 21.8. The number of rotatable bonds is 8. The molecule has 4 rings (SSSR count). The second kappa shape index (κ2) is 11.4. The summed E-state index contributed by atoms with van der Waals surface area (Å²) in [7, 11) is 0. The van der Waals surface area contributed by atoms with Crippen molar-refractivity contribution in [1.82, 2.24) is 0 Å². The fraction of sp³-hybridized carbons (Fsp3) is 0.0968. The molecule has 8 heteroatoms. The van der Waals surface area contributed by atoms with Gasteiger partial charge in [-0.1, -0.05) is 72.3 Å². The summed E-state index contributed by atoms with van der Waals surface area (Å²) in [6.45, 7) is 3.14. The molecule has 0 radical (unpaired) electrons. The molecule has 0 unspecified atom stereocenters. The number of phenolic OH excluding ortho intramolecular Hbond substituents is 2. The average Bonchev–Trinajstić information content (AvgIpc) is 2.95. The van der Waals surface area contributed by atoms with Crippen LogP contribution >= 0.6 is 0 Å². The summed E-state index contributed by atoms with van der Waals surface area (Å²) >= 11 is 0.